The number of carbonyl (C=O) groups is 2. The van der Waals surface area contributed by atoms with E-state index in [-0.39, 0.29) is 17.6 Å². The Balaban J connectivity index is 1.34. The van der Waals surface area contributed by atoms with Crippen LogP contribution < -0.4 is 4.74 Å². The van der Waals surface area contributed by atoms with Crippen LogP contribution in [0.1, 0.15) is 35.2 Å². The number of benzene rings is 2. The van der Waals surface area contributed by atoms with Gasteiger partial charge in [0.1, 0.15) is 5.75 Å². The Hall–Kier alpha value is -3.26. The summed E-state index contributed by atoms with van der Waals surface area (Å²) in [5.74, 6) is 1.67. The molecular weight excluding hydrogens is 436 g/mol. The summed E-state index contributed by atoms with van der Waals surface area (Å²) in [7, 11) is 1.62. The number of amides is 1. The zero-order chi connectivity index (χ0) is 23.4. The molecule has 2 aromatic carbocycles. The van der Waals surface area contributed by atoms with E-state index in [2.05, 4.69) is 10.2 Å². The maximum Gasteiger partial charge on any atom is 0.224 e. The van der Waals surface area contributed by atoms with Crippen molar-refractivity contribution in [2.75, 3.05) is 20.2 Å². The lowest BCUT2D eigenvalue weighted by atomic mass is 9.88. The Morgan fingerprint density at radius 2 is 1.76 bits per heavy atom. The van der Waals surface area contributed by atoms with E-state index >= 15 is 0 Å². The van der Waals surface area contributed by atoms with Crippen molar-refractivity contribution in [1.82, 2.24) is 19.7 Å². The number of rotatable bonds is 7. The Kier molecular flexibility index (Phi) is 7.03. The molecule has 0 radical (unpaired) electrons. The number of hydrogen-bond donors (Lipinski definition) is 1. The fourth-order valence-corrected chi connectivity index (χ4v) is 4.42. The Labute approximate surface area is 198 Å². The van der Waals surface area contributed by atoms with E-state index in [9.17, 15) is 9.59 Å². The molecule has 0 spiro atoms. The second-order valence-corrected chi connectivity index (χ2v) is 8.75. The molecule has 1 aliphatic rings. The number of nitrogens with zero attached hydrogens (tertiary/aromatic N) is 3. The van der Waals surface area contributed by atoms with Crippen molar-refractivity contribution in [3.63, 3.8) is 0 Å². The fourth-order valence-electron chi connectivity index (χ4n) is 4.20. The third-order valence-electron chi connectivity index (χ3n) is 6.21. The molecule has 8 heteroatoms. The molecule has 3 aromatic rings. The van der Waals surface area contributed by atoms with Crippen molar-refractivity contribution < 1.29 is 14.3 Å². The number of Topliss-reactive ketones (excluding diaryl/α,β-unsaturated/α-hetero) is 1. The Morgan fingerprint density at radius 3 is 2.39 bits per heavy atom. The quantitative estimate of drug-likeness (QED) is 0.413. The average Bonchev–Trinajstić information content (AvgIpc) is 3.22. The molecule has 1 N–H and O–H groups in total. The number of aryl methyl sites for hydroxylation is 1. The Morgan fingerprint density at radius 1 is 1.09 bits per heavy atom. The third kappa shape index (κ3) is 5.22. The largest absolute Gasteiger partial charge is 0.497 e. The predicted octanol–water partition coefficient (Wildman–Crippen LogP) is 4.44. The lowest BCUT2D eigenvalue weighted by Gasteiger charge is -2.31. The normalized spacial score (nSPS) is 14.3. The van der Waals surface area contributed by atoms with E-state index in [1.54, 1.807) is 7.11 Å². The second-order valence-electron chi connectivity index (χ2n) is 8.37. The lowest BCUT2D eigenvalue weighted by molar-refractivity contribution is -0.132. The zero-order valence-electron chi connectivity index (χ0n) is 18.9. The first-order valence-corrected chi connectivity index (χ1v) is 11.6. The number of ether oxygens (including phenoxy) is 1. The Bertz CT molecular complexity index is 1170. The van der Waals surface area contributed by atoms with E-state index in [0.29, 0.717) is 49.5 Å². The van der Waals surface area contributed by atoms with E-state index in [1.165, 1.54) is 0 Å². The third-order valence-corrected chi connectivity index (χ3v) is 6.52. The minimum absolute atomic E-state index is 0.0269. The summed E-state index contributed by atoms with van der Waals surface area (Å²) < 4.78 is 7.54. The van der Waals surface area contributed by atoms with Crippen LogP contribution in [0.5, 0.6) is 5.75 Å². The SMILES string of the molecule is COc1ccc(-c2n[nH]c(=S)n2CCC(=O)N2CCC(C(=O)c3ccc(C)cc3)CC2)cc1. The molecule has 0 aliphatic carbocycles. The van der Waals surface area contributed by atoms with Gasteiger partial charge in [0, 0.05) is 43.1 Å². The minimum atomic E-state index is -0.0269. The van der Waals surface area contributed by atoms with Gasteiger partial charge < -0.3 is 9.64 Å². The minimum Gasteiger partial charge on any atom is -0.497 e. The number of aromatic nitrogens is 3. The van der Waals surface area contributed by atoms with E-state index in [1.807, 2.05) is 64.9 Å². The molecular formula is C25H28N4O3S. The number of H-pyrrole nitrogens is 1. The van der Waals surface area contributed by atoms with E-state index < -0.39 is 0 Å². The molecule has 0 atom stereocenters. The molecule has 7 nitrogen and oxygen atoms in total. The van der Waals surface area contributed by atoms with Crippen LogP contribution in [0.4, 0.5) is 0 Å². The molecule has 172 valence electrons. The van der Waals surface area contributed by atoms with Crippen LogP contribution in [-0.4, -0.2) is 51.6 Å². The van der Waals surface area contributed by atoms with Crippen molar-refractivity contribution in [3.8, 4) is 17.1 Å². The summed E-state index contributed by atoms with van der Waals surface area (Å²) in [6, 6.07) is 15.3. The molecule has 0 saturated carbocycles. The van der Waals surface area contributed by atoms with E-state index in [4.69, 9.17) is 17.0 Å². The van der Waals surface area contributed by atoms with Gasteiger partial charge >= 0.3 is 0 Å². The molecule has 2 heterocycles. The number of carbonyl (C=O) groups excluding carboxylic acids is 2. The second kappa shape index (κ2) is 10.1. The zero-order valence-corrected chi connectivity index (χ0v) is 19.7. The molecule has 1 aromatic heterocycles. The summed E-state index contributed by atoms with van der Waals surface area (Å²) in [5, 5.41) is 7.17. The maximum absolute atomic E-state index is 12.9. The van der Waals surface area contributed by atoms with Crippen molar-refractivity contribution in [3.05, 3.63) is 64.4 Å². The number of hydrogen-bond acceptors (Lipinski definition) is 5. The maximum atomic E-state index is 12.9. The highest BCUT2D eigenvalue weighted by atomic mass is 32.1. The van der Waals surface area contributed by atoms with Crippen LogP contribution in [-0.2, 0) is 11.3 Å². The van der Waals surface area contributed by atoms with Gasteiger partial charge in [0.15, 0.2) is 16.4 Å². The number of likely N-dealkylation sites (tertiary alicyclic amines) is 1. The molecule has 1 fully saturated rings. The van der Waals surface area contributed by atoms with Crippen LogP contribution in [0.2, 0.25) is 0 Å². The lowest BCUT2D eigenvalue weighted by Crippen LogP contribution is -2.40. The molecule has 1 saturated heterocycles. The average molecular weight is 465 g/mol. The van der Waals surface area contributed by atoms with Gasteiger partial charge in [0.25, 0.3) is 0 Å². The topological polar surface area (TPSA) is 80.2 Å². The van der Waals surface area contributed by atoms with Crippen LogP contribution in [0.15, 0.2) is 48.5 Å². The first-order valence-electron chi connectivity index (χ1n) is 11.1. The van der Waals surface area contributed by atoms with Gasteiger partial charge in [-0.2, -0.15) is 5.10 Å². The van der Waals surface area contributed by atoms with Crippen LogP contribution in [0.3, 0.4) is 0 Å². The van der Waals surface area contributed by atoms with Crippen molar-refractivity contribution in [2.45, 2.75) is 32.7 Å². The first kappa shape index (κ1) is 22.9. The highest BCUT2D eigenvalue weighted by Gasteiger charge is 2.28. The van der Waals surface area contributed by atoms with Crippen LogP contribution >= 0.6 is 12.2 Å². The number of nitrogens with one attached hydrogen (secondary N) is 1. The number of piperidine rings is 1. The number of ketones is 1. The molecule has 33 heavy (non-hydrogen) atoms. The summed E-state index contributed by atoms with van der Waals surface area (Å²) in [5.41, 5.74) is 2.79. The highest BCUT2D eigenvalue weighted by Crippen LogP contribution is 2.24. The fraction of sp³-hybridized carbons (Fsp3) is 0.360. The summed E-state index contributed by atoms with van der Waals surface area (Å²) in [6.45, 7) is 3.65. The van der Waals surface area contributed by atoms with Gasteiger partial charge in [-0.15, -0.1) is 0 Å². The highest BCUT2D eigenvalue weighted by molar-refractivity contribution is 7.71. The molecule has 1 amide bonds. The predicted molar refractivity (Wildman–Crippen MR) is 129 cm³/mol. The number of methoxy groups -OCH3 is 1. The van der Waals surface area contributed by atoms with Gasteiger partial charge in [0.05, 0.1) is 7.11 Å². The smallest absolute Gasteiger partial charge is 0.224 e. The summed E-state index contributed by atoms with van der Waals surface area (Å²) in [6.07, 6.45) is 1.72. The standard InChI is InChI=1S/C25H28N4O3S/c1-17-3-5-18(6-4-17)23(31)19-11-14-28(15-12-19)22(30)13-16-29-24(26-27-25(29)33)20-7-9-21(32-2)10-8-20/h3-10,19H,11-16H2,1-2H3,(H,27,33). The van der Waals surface area contributed by atoms with Crippen molar-refractivity contribution in [1.29, 1.82) is 0 Å². The molecule has 4 rings (SSSR count). The summed E-state index contributed by atoms with van der Waals surface area (Å²) in [4.78, 5) is 27.5. The van der Waals surface area contributed by atoms with Crippen LogP contribution in [0.25, 0.3) is 11.4 Å². The van der Waals surface area contributed by atoms with Gasteiger partial charge in [-0.3, -0.25) is 19.3 Å². The van der Waals surface area contributed by atoms with Crippen LogP contribution in [0, 0.1) is 17.6 Å². The van der Waals surface area contributed by atoms with E-state index in [0.717, 1.165) is 22.4 Å². The molecule has 0 bridgehead atoms. The van der Waals surface area contributed by atoms with Crippen molar-refractivity contribution in [2.24, 2.45) is 5.92 Å². The van der Waals surface area contributed by atoms with Gasteiger partial charge in [0.2, 0.25) is 5.91 Å². The van der Waals surface area contributed by atoms with Crippen molar-refractivity contribution >= 4 is 23.9 Å². The summed E-state index contributed by atoms with van der Waals surface area (Å²) >= 11 is 5.39. The monoisotopic (exact) mass is 464 g/mol. The van der Waals surface area contributed by atoms with Gasteiger partial charge in [-0.05, 0) is 56.2 Å². The van der Waals surface area contributed by atoms with Gasteiger partial charge in [-0.1, -0.05) is 29.8 Å². The van der Waals surface area contributed by atoms with Gasteiger partial charge in [-0.25, -0.2) is 0 Å². The molecule has 1 aliphatic heterocycles. The molecule has 0 unspecified atom stereocenters. The number of aromatic amines is 1. The first-order chi connectivity index (χ1) is 16.0.